The predicted octanol–water partition coefficient (Wildman–Crippen LogP) is 1.63. The number of amides is 2. The van der Waals surface area contributed by atoms with Crippen molar-refractivity contribution in [1.82, 2.24) is 15.5 Å². The van der Waals surface area contributed by atoms with Crippen molar-refractivity contribution in [1.29, 1.82) is 0 Å². The van der Waals surface area contributed by atoms with Crippen LogP contribution in [-0.2, 0) is 0 Å². The summed E-state index contributed by atoms with van der Waals surface area (Å²) in [5, 5.41) is 15.6. The summed E-state index contributed by atoms with van der Waals surface area (Å²) >= 11 is 0. The van der Waals surface area contributed by atoms with Gasteiger partial charge in [0.25, 0.3) is 0 Å². The maximum atomic E-state index is 11.9. The van der Waals surface area contributed by atoms with Gasteiger partial charge < -0.3 is 20.2 Å². The van der Waals surface area contributed by atoms with Crippen LogP contribution in [0.5, 0.6) is 0 Å². The molecule has 2 aliphatic rings. The summed E-state index contributed by atoms with van der Waals surface area (Å²) in [6, 6.07) is 4.12. The molecule has 1 saturated heterocycles. The van der Waals surface area contributed by atoms with Gasteiger partial charge in [-0.3, -0.25) is 4.90 Å². The van der Waals surface area contributed by atoms with Crippen molar-refractivity contribution < 1.29 is 14.3 Å². The molecule has 0 spiro atoms. The third-order valence-electron chi connectivity index (χ3n) is 4.72. The smallest absolute Gasteiger partial charge is 0.315 e. The largest absolute Gasteiger partial charge is 0.467 e. The zero-order chi connectivity index (χ0) is 15.4. The van der Waals surface area contributed by atoms with Crippen molar-refractivity contribution in [3.8, 4) is 0 Å². The summed E-state index contributed by atoms with van der Waals surface area (Å²) in [6.07, 6.45) is 6.98. The third-order valence-corrected chi connectivity index (χ3v) is 4.72. The number of carbonyl (C=O) groups excluding carboxylic acids is 1. The molecular weight excluding hydrogens is 282 g/mol. The molecule has 2 unspecified atom stereocenters. The van der Waals surface area contributed by atoms with Crippen LogP contribution in [0, 0.1) is 0 Å². The van der Waals surface area contributed by atoms with Crippen molar-refractivity contribution in [3.63, 3.8) is 0 Å². The highest BCUT2D eigenvalue weighted by Crippen LogP contribution is 2.26. The van der Waals surface area contributed by atoms with Crippen LogP contribution >= 0.6 is 0 Å². The first-order chi connectivity index (χ1) is 10.7. The van der Waals surface area contributed by atoms with Crippen molar-refractivity contribution in [3.05, 3.63) is 24.2 Å². The maximum absolute atomic E-state index is 11.9. The highest BCUT2D eigenvalue weighted by molar-refractivity contribution is 5.74. The molecule has 0 radical (unpaired) electrons. The number of aliphatic hydroxyl groups is 1. The molecular formula is C16H25N3O3. The fourth-order valence-electron chi connectivity index (χ4n) is 3.51. The molecule has 1 aliphatic carbocycles. The Labute approximate surface area is 130 Å². The van der Waals surface area contributed by atoms with Crippen LogP contribution in [0.25, 0.3) is 0 Å². The number of likely N-dealkylation sites (tertiary alicyclic amines) is 1. The van der Waals surface area contributed by atoms with E-state index >= 15 is 0 Å². The first-order valence-electron chi connectivity index (χ1n) is 8.22. The summed E-state index contributed by atoms with van der Waals surface area (Å²) in [7, 11) is 0. The number of urea groups is 1. The van der Waals surface area contributed by atoms with Crippen molar-refractivity contribution in [2.24, 2.45) is 0 Å². The normalized spacial score (nSPS) is 24.5. The molecule has 6 heteroatoms. The highest BCUT2D eigenvalue weighted by Gasteiger charge is 2.30. The maximum Gasteiger partial charge on any atom is 0.315 e. The Hall–Kier alpha value is -1.53. The van der Waals surface area contributed by atoms with Gasteiger partial charge in [-0.25, -0.2) is 4.79 Å². The van der Waals surface area contributed by atoms with Gasteiger partial charge in [0.05, 0.1) is 12.8 Å². The molecule has 1 aliphatic heterocycles. The Morgan fingerprint density at radius 3 is 2.95 bits per heavy atom. The Morgan fingerprint density at radius 1 is 1.41 bits per heavy atom. The van der Waals surface area contributed by atoms with Crippen LogP contribution in [0.2, 0.25) is 0 Å². The lowest BCUT2D eigenvalue weighted by Gasteiger charge is -2.23. The molecule has 1 saturated carbocycles. The monoisotopic (exact) mass is 307 g/mol. The van der Waals surface area contributed by atoms with E-state index in [0.717, 1.165) is 25.6 Å². The minimum atomic E-state index is -0.806. The van der Waals surface area contributed by atoms with Crippen LogP contribution in [0.15, 0.2) is 22.8 Å². The molecule has 6 nitrogen and oxygen atoms in total. The van der Waals surface area contributed by atoms with E-state index in [0.29, 0.717) is 5.76 Å². The second kappa shape index (κ2) is 7.15. The molecule has 0 aromatic carbocycles. The minimum Gasteiger partial charge on any atom is -0.467 e. The Morgan fingerprint density at radius 2 is 2.23 bits per heavy atom. The van der Waals surface area contributed by atoms with Crippen LogP contribution in [0.3, 0.4) is 0 Å². The number of hydrogen-bond acceptors (Lipinski definition) is 4. The predicted molar refractivity (Wildman–Crippen MR) is 82.4 cm³/mol. The van der Waals surface area contributed by atoms with Gasteiger partial charge in [-0.2, -0.15) is 0 Å². The average Bonchev–Trinajstić information content (AvgIpc) is 3.23. The average molecular weight is 307 g/mol. The van der Waals surface area contributed by atoms with Crippen LogP contribution in [0.1, 0.15) is 44.0 Å². The Bertz CT molecular complexity index is 471. The van der Waals surface area contributed by atoms with Gasteiger partial charge in [0.15, 0.2) is 0 Å². The van der Waals surface area contributed by atoms with Gasteiger partial charge in [-0.05, 0) is 31.4 Å². The van der Waals surface area contributed by atoms with Crippen molar-refractivity contribution in [2.45, 2.75) is 50.3 Å². The standard InChI is InChI=1S/C16H25N3O3/c20-14(15-6-3-9-22-15)10-17-16(21)18-12-7-8-19(11-12)13-4-1-2-5-13/h3,6,9,12-14,20H,1-2,4-5,7-8,10-11H2,(H2,17,18,21). The van der Waals surface area contributed by atoms with E-state index in [2.05, 4.69) is 15.5 Å². The molecule has 3 rings (SSSR count). The Kier molecular flexibility index (Phi) is 5.00. The van der Waals surface area contributed by atoms with Crippen LogP contribution in [-0.4, -0.2) is 47.8 Å². The second-order valence-electron chi connectivity index (χ2n) is 6.30. The fourth-order valence-corrected chi connectivity index (χ4v) is 3.51. The summed E-state index contributed by atoms with van der Waals surface area (Å²) in [5.74, 6) is 0.466. The minimum absolute atomic E-state index is 0.151. The van der Waals surface area contributed by atoms with E-state index < -0.39 is 6.10 Å². The fraction of sp³-hybridized carbons (Fsp3) is 0.688. The van der Waals surface area contributed by atoms with E-state index in [9.17, 15) is 9.90 Å². The lowest BCUT2D eigenvalue weighted by molar-refractivity contribution is 0.147. The third kappa shape index (κ3) is 3.81. The molecule has 0 bridgehead atoms. The summed E-state index contributed by atoms with van der Waals surface area (Å²) in [4.78, 5) is 14.4. The number of rotatable bonds is 5. The molecule has 2 amide bonds. The zero-order valence-corrected chi connectivity index (χ0v) is 12.8. The van der Waals surface area contributed by atoms with Gasteiger partial charge in [0.1, 0.15) is 11.9 Å². The van der Waals surface area contributed by atoms with Crippen molar-refractivity contribution >= 4 is 6.03 Å². The number of nitrogens with one attached hydrogen (secondary N) is 2. The van der Waals surface area contributed by atoms with Crippen LogP contribution in [0.4, 0.5) is 4.79 Å². The molecule has 22 heavy (non-hydrogen) atoms. The van der Waals surface area contributed by atoms with E-state index in [1.165, 1.54) is 31.9 Å². The first kappa shape index (κ1) is 15.4. The van der Waals surface area contributed by atoms with Gasteiger partial charge >= 0.3 is 6.03 Å². The lowest BCUT2D eigenvalue weighted by Crippen LogP contribution is -2.45. The number of aliphatic hydroxyl groups excluding tert-OH is 1. The van der Waals surface area contributed by atoms with E-state index in [1.54, 1.807) is 12.1 Å². The molecule has 2 fully saturated rings. The molecule has 3 N–H and O–H groups in total. The number of nitrogens with zero attached hydrogens (tertiary/aromatic N) is 1. The van der Waals surface area contributed by atoms with E-state index in [-0.39, 0.29) is 18.6 Å². The van der Waals surface area contributed by atoms with Gasteiger partial charge in [0, 0.05) is 25.2 Å². The molecule has 2 heterocycles. The highest BCUT2D eigenvalue weighted by atomic mass is 16.4. The second-order valence-corrected chi connectivity index (χ2v) is 6.30. The summed E-state index contributed by atoms with van der Waals surface area (Å²) in [6.45, 7) is 2.17. The zero-order valence-electron chi connectivity index (χ0n) is 12.8. The van der Waals surface area contributed by atoms with Crippen molar-refractivity contribution in [2.75, 3.05) is 19.6 Å². The van der Waals surface area contributed by atoms with Gasteiger partial charge in [0.2, 0.25) is 0 Å². The molecule has 1 aromatic heterocycles. The molecule has 122 valence electrons. The first-order valence-corrected chi connectivity index (χ1v) is 8.22. The number of carbonyl (C=O) groups is 1. The Balaban J connectivity index is 1.37. The molecule has 2 atom stereocenters. The molecule has 1 aromatic rings. The topological polar surface area (TPSA) is 77.7 Å². The van der Waals surface area contributed by atoms with E-state index in [1.807, 2.05) is 0 Å². The van der Waals surface area contributed by atoms with Gasteiger partial charge in [-0.15, -0.1) is 0 Å². The quantitative estimate of drug-likeness (QED) is 0.772. The number of hydrogen-bond donors (Lipinski definition) is 3. The van der Waals surface area contributed by atoms with Crippen LogP contribution < -0.4 is 10.6 Å². The van der Waals surface area contributed by atoms with Gasteiger partial charge in [-0.1, -0.05) is 12.8 Å². The summed E-state index contributed by atoms with van der Waals surface area (Å²) < 4.78 is 5.10. The SMILES string of the molecule is O=C(NCC(O)c1ccco1)NC1CCN(C2CCCC2)C1. The number of furan rings is 1. The summed E-state index contributed by atoms with van der Waals surface area (Å²) in [5.41, 5.74) is 0. The lowest BCUT2D eigenvalue weighted by atomic mass is 10.2. The van der Waals surface area contributed by atoms with E-state index in [4.69, 9.17) is 4.42 Å².